The van der Waals surface area contributed by atoms with Crippen molar-refractivity contribution in [2.75, 3.05) is 37.8 Å². The van der Waals surface area contributed by atoms with E-state index in [2.05, 4.69) is 42.4 Å². The molecule has 3 heterocycles. The number of anilines is 1. The number of rotatable bonds is 8. The number of piperidine rings is 1. The van der Waals surface area contributed by atoms with Gasteiger partial charge in [0.25, 0.3) is 6.43 Å². The predicted molar refractivity (Wildman–Crippen MR) is 113 cm³/mol. The van der Waals surface area contributed by atoms with E-state index in [1.54, 1.807) is 18.1 Å². The highest BCUT2D eigenvalue weighted by Crippen LogP contribution is 2.25. The first-order valence-electron chi connectivity index (χ1n) is 9.38. The van der Waals surface area contributed by atoms with E-state index < -0.39 is 12.1 Å². The minimum atomic E-state index is -2.80. The molecule has 29 heavy (non-hydrogen) atoms. The van der Waals surface area contributed by atoms with Gasteiger partial charge in [-0.25, -0.2) is 23.7 Å². The number of halogens is 2. The lowest BCUT2D eigenvalue weighted by Crippen LogP contribution is -2.39. The van der Waals surface area contributed by atoms with Crippen molar-refractivity contribution in [1.29, 1.82) is 5.41 Å². The van der Waals surface area contributed by atoms with E-state index in [1.807, 2.05) is 6.07 Å². The first-order chi connectivity index (χ1) is 14.0. The molecular weight excluding hydrogens is 396 g/mol. The molecule has 1 aliphatic rings. The second kappa shape index (κ2) is 9.93. The topological polar surface area (TPSA) is 84.8 Å². The average molecular weight is 422 g/mol. The Morgan fingerprint density at radius 2 is 2.28 bits per heavy atom. The summed E-state index contributed by atoms with van der Waals surface area (Å²) in [7, 11) is 2.11. The van der Waals surface area contributed by atoms with Crippen LogP contribution in [0.2, 0.25) is 0 Å². The third-order valence-electron chi connectivity index (χ3n) is 4.85. The van der Waals surface area contributed by atoms with Crippen molar-refractivity contribution >= 4 is 29.6 Å². The summed E-state index contributed by atoms with van der Waals surface area (Å²) in [6, 6.07) is 1.92. The average Bonchev–Trinajstić information content (AvgIpc) is 3.21. The Morgan fingerprint density at radius 3 is 3.03 bits per heavy atom. The van der Waals surface area contributed by atoms with Gasteiger partial charge >= 0.3 is 0 Å². The van der Waals surface area contributed by atoms with Crippen LogP contribution in [-0.4, -0.2) is 69.3 Å². The van der Waals surface area contributed by atoms with Crippen LogP contribution in [0.4, 0.5) is 14.6 Å². The number of nitrogens with one attached hydrogen (secondary N) is 2. The SMILES string of the molecule is CSN(C)CC1CCCN(c2cc(-c3cnc(/C=C\C(=N)C(F)F)[nH]3)ncn2)C1. The number of aromatic amines is 1. The lowest BCUT2D eigenvalue weighted by Gasteiger charge is -2.35. The van der Waals surface area contributed by atoms with Crippen molar-refractivity contribution in [1.82, 2.24) is 24.2 Å². The van der Waals surface area contributed by atoms with Gasteiger partial charge < -0.3 is 9.88 Å². The Balaban J connectivity index is 1.70. The Morgan fingerprint density at radius 1 is 1.45 bits per heavy atom. The van der Waals surface area contributed by atoms with Crippen LogP contribution in [0.15, 0.2) is 24.7 Å². The number of allylic oxidation sites excluding steroid dienone is 1. The van der Waals surface area contributed by atoms with Gasteiger partial charge in [0.2, 0.25) is 0 Å². The number of H-pyrrole nitrogens is 1. The van der Waals surface area contributed by atoms with E-state index in [0.717, 1.165) is 37.9 Å². The van der Waals surface area contributed by atoms with Crippen LogP contribution in [0.25, 0.3) is 17.5 Å². The molecule has 0 aliphatic carbocycles. The molecule has 1 aliphatic heterocycles. The summed E-state index contributed by atoms with van der Waals surface area (Å²) in [5, 5.41) is 7.17. The van der Waals surface area contributed by atoms with E-state index in [1.165, 1.54) is 18.8 Å². The third-order valence-corrected chi connectivity index (χ3v) is 5.62. The molecule has 2 aromatic heterocycles. The molecule has 7 nitrogen and oxygen atoms in total. The highest BCUT2D eigenvalue weighted by molar-refractivity contribution is 7.96. The molecule has 2 N–H and O–H groups in total. The van der Waals surface area contributed by atoms with Crippen LogP contribution < -0.4 is 4.90 Å². The molecule has 10 heteroatoms. The van der Waals surface area contributed by atoms with Crippen LogP contribution in [0.5, 0.6) is 0 Å². The first-order valence-corrected chi connectivity index (χ1v) is 10.6. The molecule has 2 aromatic rings. The van der Waals surface area contributed by atoms with Crippen LogP contribution in [0, 0.1) is 11.3 Å². The third kappa shape index (κ3) is 5.83. The molecule has 1 unspecified atom stereocenters. The highest BCUT2D eigenvalue weighted by atomic mass is 32.2. The van der Waals surface area contributed by atoms with E-state index >= 15 is 0 Å². The second-order valence-electron chi connectivity index (χ2n) is 6.98. The summed E-state index contributed by atoms with van der Waals surface area (Å²) < 4.78 is 27.1. The minimum absolute atomic E-state index is 0.392. The van der Waals surface area contributed by atoms with E-state index in [-0.39, 0.29) is 0 Å². The Hall–Kier alpha value is -2.33. The van der Waals surface area contributed by atoms with Crippen molar-refractivity contribution in [2.24, 2.45) is 5.92 Å². The maximum absolute atomic E-state index is 12.4. The summed E-state index contributed by atoms with van der Waals surface area (Å²) in [4.78, 5) is 18.2. The molecule has 0 bridgehead atoms. The summed E-state index contributed by atoms with van der Waals surface area (Å²) in [5.74, 6) is 1.86. The standard InChI is InChI=1S/C19H25F2N7S/c1-27(29-2)10-13-4-3-7-28(11-13)18-8-15(24-12-25-18)16-9-23-17(26-16)6-5-14(22)19(20)21/h5-6,8-9,12-13,19,22H,3-4,7,10-11H2,1-2H3,(H,23,26)/b6-5-,22-14?. The maximum atomic E-state index is 12.4. The van der Waals surface area contributed by atoms with Gasteiger partial charge in [0, 0.05) is 25.7 Å². The normalized spacial score (nSPS) is 17.6. The maximum Gasteiger partial charge on any atom is 0.279 e. The van der Waals surface area contributed by atoms with Crippen molar-refractivity contribution in [3.8, 4) is 11.4 Å². The fourth-order valence-electron chi connectivity index (χ4n) is 3.32. The number of aromatic nitrogens is 4. The zero-order chi connectivity index (χ0) is 20.8. The van der Waals surface area contributed by atoms with Gasteiger partial charge in [-0.3, -0.25) is 9.71 Å². The lowest BCUT2D eigenvalue weighted by atomic mass is 9.98. The molecule has 1 saturated heterocycles. The lowest BCUT2D eigenvalue weighted by molar-refractivity contribution is 0.226. The van der Waals surface area contributed by atoms with Gasteiger partial charge in [-0.05, 0) is 44.2 Å². The molecular formula is C19H25F2N7S. The van der Waals surface area contributed by atoms with Crippen molar-refractivity contribution in [2.45, 2.75) is 19.3 Å². The number of hydrogen-bond acceptors (Lipinski definition) is 7. The van der Waals surface area contributed by atoms with Crippen molar-refractivity contribution < 1.29 is 8.78 Å². The zero-order valence-electron chi connectivity index (χ0n) is 16.5. The molecule has 1 fully saturated rings. The molecule has 156 valence electrons. The van der Waals surface area contributed by atoms with Gasteiger partial charge in [0.05, 0.1) is 23.3 Å². The Kier molecular flexibility index (Phi) is 7.32. The fourth-order valence-corrected chi connectivity index (χ4v) is 3.68. The molecule has 0 aromatic carbocycles. The predicted octanol–water partition coefficient (Wildman–Crippen LogP) is 3.59. The van der Waals surface area contributed by atoms with Crippen molar-refractivity contribution in [3.63, 3.8) is 0 Å². The Bertz CT molecular complexity index is 855. The van der Waals surface area contributed by atoms with E-state index in [9.17, 15) is 8.78 Å². The first kappa shape index (κ1) is 21.4. The van der Waals surface area contributed by atoms with E-state index in [0.29, 0.717) is 23.1 Å². The van der Waals surface area contributed by atoms with Crippen LogP contribution >= 0.6 is 11.9 Å². The second-order valence-corrected chi connectivity index (χ2v) is 7.97. The van der Waals surface area contributed by atoms with Gasteiger partial charge in [-0.2, -0.15) is 0 Å². The van der Waals surface area contributed by atoms with Gasteiger partial charge in [0.15, 0.2) is 0 Å². The Labute approximate surface area is 173 Å². The van der Waals surface area contributed by atoms with Crippen LogP contribution in [0.3, 0.4) is 0 Å². The number of alkyl halides is 2. The molecule has 0 saturated carbocycles. The number of nitrogens with zero attached hydrogens (tertiary/aromatic N) is 5. The van der Waals surface area contributed by atoms with E-state index in [4.69, 9.17) is 5.41 Å². The molecule has 0 radical (unpaired) electrons. The van der Waals surface area contributed by atoms with Gasteiger partial charge in [-0.1, -0.05) is 11.9 Å². The quantitative estimate of drug-likeness (QED) is 0.501. The van der Waals surface area contributed by atoms with Gasteiger partial charge in [0.1, 0.15) is 18.0 Å². The van der Waals surface area contributed by atoms with Crippen LogP contribution in [-0.2, 0) is 0 Å². The summed E-state index contributed by atoms with van der Waals surface area (Å²) in [6.45, 7) is 2.95. The molecule has 0 amide bonds. The number of hydrogen-bond donors (Lipinski definition) is 2. The number of imidazole rings is 1. The molecule has 3 rings (SSSR count). The zero-order valence-corrected chi connectivity index (χ0v) is 17.3. The monoisotopic (exact) mass is 421 g/mol. The minimum Gasteiger partial charge on any atom is -0.356 e. The van der Waals surface area contributed by atoms with Crippen LogP contribution in [0.1, 0.15) is 18.7 Å². The summed E-state index contributed by atoms with van der Waals surface area (Å²) in [6.07, 6.45) is 7.16. The summed E-state index contributed by atoms with van der Waals surface area (Å²) in [5.41, 5.74) is 0.612. The molecule has 0 spiro atoms. The fraction of sp³-hybridized carbons (Fsp3) is 0.474. The largest absolute Gasteiger partial charge is 0.356 e. The summed E-state index contributed by atoms with van der Waals surface area (Å²) >= 11 is 1.74. The molecule has 1 atom stereocenters. The smallest absolute Gasteiger partial charge is 0.279 e. The van der Waals surface area contributed by atoms with Crippen molar-refractivity contribution in [3.05, 3.63) is 30.5 Å². The highest BCUT2D eigenvalue weighted by Gasteiger charge is 2.22. The van der Waals surface area contributed by atoms with Gasteiger partial charge in [-0.15, -0.1) is 0 Å².